The summed E-state index contributed by atoms with van der Waals surface area (Å²) < 4.78 is 5.45. The first kappa shape index (κ1) is 16.5. The molecule has 1 unspecified atom stereocenters. The maximum absolute atomic E-state index is 12.8. The molecule has 1 aromatic carbocycles. The van der Waals surface area contributed by atoms with Gasteiger partial charge in [0.15, 0.2) is 5.78 Å². The monoisotopic (exact) mass is 303 g/mol. The molecule has 1 fully saturated rings. The number of amides is 1. The summed E-state index contributed by atoms with van der Waals surface area (Å²) in [6.45, 7) is 8.06. The zero-order chi connectivity index (χ0) is 16.3. The molecule has 4 nitrogen and oxygen atoms in total. The second kappa shape index (κ2) is 6.51. The van der Waals surface area contributed by atoms with Crippen molar-refractivity contribution in [2.45, 2.75) is 58.6 Å². The van der Waals surface area contributed by atoms with Crippen LogP contribution in [0, 0.1) is 6.92 Å². The molecule has 1 atom stereocenters. The van der Waals surface area contributed by atoms with E-state index in [2.05, 4.69) is 0 Å². The molecule has 22 heavy (non-hydrogen) atoms. The predicted octanol–water partition coefficient (Wildman–Crippen LogP) is 3.97. The minimum absolute atomic E-state index is 0.00857. The number of nitrogens with zero attached hydrogens (tertiary/aromatic N) is 1. The predicted molar refractivity (Wildman–Crippen MR) is 86.1 cm³/mol. The van der Waals surface area contributed by atoms with Crippen LogP contribution in [0.5, 0.6) is 0 Å². The van der Waals surface area contributed by atoms with E-state index in [0.717, 1.165) is 18.4 Å². The van der Waals surface area contributed by atoms with Gasteiger partial charge >= 0.3 is 6.09 Å². The Labute approximate surface area is 132 Å². The lowest BCUT2D eigenvalue weighted by molar-refractivity contribution is 0.0105. The Kier molecular flexibility index (Phi) is 4.89. The zero-order valence-electron chi connectivity index (χ0n) is 13.9. The third-order valence-electron chi connectivity index (χ3n) is 3.74. The summed E-state index contributed by atoms with van der Waals surface area (Å²) >= 11 is 0. The molecule has 0 spiro atoms. The average Bonchev–Trinajstić information content (AvgIpc) is 2.44. The maximum atomic E-state index is 12.8. The standard InChI is InChI=1S/C18H25NO3/c1-13-8-7-9-14(12-13)16(20)15-10-5-6-11-19(15)17(21)22-18(2,3)4/h7-9,12,15H,5-6,10-11H2,1-4H3. The van der Waals surface area contributed by atoms with Crippen molar-refractivity contribution in [1.29, 1.82) is 0 Å². The van der Waals surface area contributed by atoms with Gasteiger partial charge in [-0.1, -0.05) is 23.8 Å². The fourth-order valence-corrected chi connectivity index (χ4v) is 2.73. The summed E-state index contributed by atoms with van der Waals surface area (Å²) in [5.74, 6) is 0.00857. The normalized spacial score (nSPS) is 18.9. The summed E-state index contributed by atoms with van der Waals surface area (Å²) in [6, 6.07) is 7.12. The highest BCUT2D eigenvalue weighted by Crippen LogP contribution is 2.23. The van der Waals surface area contributed by atoms with Crippen LogP contribution in [0.4, 0.5) is 4.79 Å². The first-order valence-electron chi connectivity index (χ1n) is 7.88. The van der Waals surface area contributed by atoms with Crippen molar-refractivity contribution in [2.75, 3.05) is 6.54 Å². The molecule has 1 saturated heterocycles. The third kappa shape index (κ3) is 4.09. The number of carbonyl (C=O) groups excluding carboxylic acids is 2. The molecule has 0 N–H and O–H groups in total. The van der Waals surface area contributed by atoms with Crippen molar-refractivity contribution in [1.82, 2.24) is 4.90 Å². The van der Waals surface area contributed by atoms with Crippen molar-refractivity contribution in [2.24, 2.45) is 0 Å². The van der Waals surface area contributed by atoms with Gasteiger partial charge < -0.3 is 4.74 Å². The number of likely N-dealkylation sites (tertiary alicyclic amines) is 1. The number of hydrogen-bond acceptors (Lipinski definition) is 3. The van der Waals surface area contributed by atoms with Crippen LogP contribution in [-0.4, -0.2) is 35.0 Å². The van der Waals surface area contributed by atoms with E-state index in [4.69, 9.17) is 4.74 Å². The summed E-state index contributed by atoms with van der Waals surface area (Å²) in [6.07, 6.45) is 2.18. The highest BCUT2D eigenvalue weighted by Gasteiger charge is 2.35. The van der Waals surface area contributed by atoms with Gasteiger partial charge in [0.2, 0.25) is 0 Å². The smallest absolute Gasteiger partial charge is 0.410 e. The van der Waals surface area contributed by atoms with Gasteiger partial charge in [0.1, 0.15) is 5.60 Å². The first-order chi connectivity index (χ1) is 10.3. The summed E-state index contributed by atoms with van der Waals surface area (Å²) in [7, 11) is 0. The largest absolute Gasteiger partial charge is 0.444 e. The maximum Gasteiger partial charge on any atom is 0.410 e. The number of Topliss-reactive ketones (excluding diaryl/α,β-unsaturated/α-hetero) is 1. The van der Waals surface area contributed by atoms with Crippen LogP contribution >= 0.6 is 0 Å². The van der Waals surface area contributed by atoms with Crippen molar-refractivity contribution in [3.8, 4) is 0 Å². The molecule has 1 aromatic rings. The second-order valence-electron chi connectivity index (χ2n) is 6.92. The number of hydrogen-bond donors (Lipinski definition) is 0. The van der Waals surface area contributed by atoms with E-state index in [-0.39, 0.29) is 5.78 Å². The molecule has 0 bridgehead atoms. The molecule has 120 valence electrons. The van der Waals surface area contributed by atoms with E-state index in [1.54, 1.807) is 4.90 Å². The number of rotatable bonds is 2. The lowest BCUT2D eigenvalue weighted by Crippen LogP contribution is -2.49. The summed E-state index contributed by atoms with van der Waals surface area (Å²) in [4.78, 5) is 26.8. The number of carbonyl (C=O) groups is 2. The Balaban J connectivity index is 2.19. The molecule has 0 aromatic heterocycles. The van der Waals surface area contributed by atoms with Crippen LogP contribution in [-0.2, 0) is 4.74 Å². The van der Waals surface area contributed by atoms with Crippen molar-refractivity contribution in [3.63, 3.8) is 0 Å². The Hall–Kier alpha value is -1.84. The molecule has 0 saturated carbocycles. The highest BCUT2D eigenvalue weighted by atomic mass is 16.6. The summed E-state index contributed by atoms with van der Waals surface area (Å²) in [5.41, 5.74) is 1.16. The zero-order valence-corrected chi connectivity index (χ0v) is 13.9. The third-order valence-corrected chi connectivity index (χ3v) is 3.74. The minimum atomic E-state index is -0.550. The molecule has 0 aliphatic carbocycles. The van der Waals surface area contributed by atoms with Gasteiger partial charge in [0.05, 0.1) is 6.04 Å². The average molecular weight is 303 g/mol. The number of benzene rings is 1. The van der Waals surface area contributed by atoms with Gasteiger partial charge in [-0.25, -0.2) is 4.79 Å². The fourth-order valence-electron chi connectivity index (χ4n) is 2.73. The van der Waals surface area contributed by atoms with Crippen LogP contribution in [0.15, 0.2) is 24.3 Å². The van der Waals surface area contributed by atoms with Gasteiger partial charge in [-0.3, -0.25) is 9.69 Å². The van der Waals surface area contributed by atoms with E-state index >= 15 is 0 Å². The van der Waals surface area contributed by atoms with E-state index in [1.165, 1.54) is 0 Å². The van der Waals surface area contributed by atoms with E-state index in [1.807, 2.05) is 52.0 Å². The summed E-state index contributed by atoms with van der Waals surface area (Å²) in [5, 5.41) is 0. The molecule has 0 radical (unpaired) electrons. The van der Waals surface area contributed by atoms with Crippen LogP contribution in [0.3, 0.4) is 0 Å². The molecule has 1 aliphatic heterocycles. The SMILES string of the molecule is Cc1cccc(C(=O)C2CCCCN2C(=O)OC(C)(C)C)c1. The molecular weight excluding hydrogens is 278 g/mol. The second-order valence-corrected chi connectivity index (χ2v) is 6.92. The van der Waals surface area contributed by atoms with Gasteiger partial charge in [-0.05, 0) is 53.0 Å². The van der Waals surface area contributed by atoms with Crippen molar-refractivity contribution >= 4 is 11.9 Å². The van der Waals surface area contributed by atoms with Gasteiger partial charge in [0, 0.05) is 12.1 Å². The molecular formula is C18H25NO3. The number of piperidine rings is 1. The number of aryl methyl sites for hydroxylation is 1. The Bertz CT molecular complexity index is 560. The quantitative estimate of drug-likeness (QED) is 0.777. The van der Waals surface area contributed by atoms with Crippen LogP contribution < -0.4 is 0 Å². The number of ketones is 1. The molecule has 4 heteroatoms. The Morgan fingerprint density at radius 2 is 1.95 bits per heavy atom. The Morgan fingerprint density at radius 3 is 2.59 bits per heavy atom. The molecule has 1 heterocycles. The highest BCUT2D eigenvalue weighted by molar-refractivity contribution is 6.01. The lowest BCUT2D eigenvalue weighted by atomic mass is 9.94. The van der Waals surface area contributed by atoms with Gasteiger partial charge in [0.25, 0.3) is 0 Å². The molecule has 2 rings (SSSR count). The first-order valence-corrected chi connectivity index (χ1v) is 7.88. The Morgan fingerprint density at radius 1 is 1.23 bits per heavy atom. The lowest BCUT2D eigenvalue weighted by Gasteiger charge is -2.35. The fraction of sp³-hybridized carbons (Fsp3) is 0.556. The van der Waals surface area contributed by atoms with Crippen LogP contribution in [0.1, 0.15) is 56.0 Å². The minimum Gasteiger partial charge on any atom is -0.444 e. The number of ether oxygens (including phenoxy) is 1. The van der Waals surface area contributed by atoms with Crippen LogP contribution in [0.2, 0.25) is 0 Å². The molecule has 1 amide bonds. The molecule has 1 aliphatic rings. The van der Waals surface area contributed by atoms with Crippen molar-refractivity contribution < 1.29 is 14.3 Å². The van der Waals surface area contributed by atoms with Crippen molar-refractivity contribution in [3.05, 3.63) is 35.4 Å². The van der Waals surface area contributed by atoms with Crippen LogP contribution in [0.25, 0.3) is 0 Å². The van der Waals surface area contributed by atoms with E-state index in [9.17, 15) is 9.59 Å². The van der Waals surface area contributed by atoms with Gasteiger partial charge in [-0.2, -0.15) is 0 Å². The van der Waals surface area contributed by atoms with E-state index in [0.29, 0.717) is 18.5 Å². The van der Waals surface area contributed by atoms with E-state index < -0.39 is 17.7 Å². The topological polar surface area (TPSA) is 46.6 Å². The van der Waals surface area contributed by atoms with Gasteiger partial charge in [-0.15, -0.1) is 0 Å².